The second-order valence-corrected chi connectivity index (χ2v) is 6.14. The van der Waals surface area contributed by atoms with Gasteiger partial charge in [0.1, 0.15) is 12.7 Å². The molecule has 0 aromatic heterocycles. The van der Waals surface area contributed by atoms with Crippen molar-refractivity contribution in [1.82, 2.24) is 0 Å². The first-order chi connectivity index (χ1) is 10.1. The van der Waals surface area contributed by atoms with E-state index < -0.39 is 6.10 Å². The molecule has 0 aliphatic heterocycles. The zero-order valence-electron chi connectivity index (χ0n) is 11.0. The molecule has 112 valence electrons. The Morgan fingerprint density at radius 2 is 1.81 bits per heavy atom. The minimum absolute atomic E-state index is 0.102. The van der Waals surface area contributed by atoms with Gasteiger partial charge in [0.15, 0.2) is 5.75 Å². The van der Waals surface area contributed by atoms with Crippen molar-refractivity contribution in [3.05, 3.63) is 57.0 Å². The molecule has 0 saturated carbocycles. The van der Waals surface area contributed by atoms with Crippen LogP contribution in [0.25, 0.3) is 0 Å². The molecule has 2 aromatic rings. The third kappa shape index (κ3) is 5.08. The van der Waals surface area contributed by atoms with Gasteiger partial charge >= 0.3 is 0 Å². The minimum Gasteiger partial charge on any atom is -0.488 e. The number of hydrogen-bond acceptors (Lipinski definition) is 3. The van der Waals surface area contributed by atoms with E-state index in [0.717, 1.165) is 10.2 Å². The van der Waals surface area contributed by atoms with E-state index in [-0.39, 0.29) is 6.61 Å². The predicted octanol–water partition coefficient (Wildman–Crippen LogP) is 4.61. The number of anilines is 1. The van der Waals surface area contributed by atoms with Gasteiger partial charge in [0.05, 0.1) is 10.0 Å². The summed E-state index contributed by atoms with van der Waals surface area (Å²) < 4.78 is 6.45. The molecule has 0 fully saturated rings. The van der Waals surface area contributed by atoms with Crippen molar-refractivity contribution in [3.63, 3.8) is 0 Å². The molecule has 1 atom stereocenters. The smallest absolute Gasteiger partial charge is 0.156 e. The van der Waals surface area contributed by atoms with Crippen LogP contribution < -0.4 is 10.1 Å². The fourth-order valence-electron chi connectivity index (χ4n) is 1.69. The zero-order chi connectivity index (χ0) is 15.2. The number of rotatable bonds is 6. The standard InChI is InChI=1S/C15H14BrCl2NO2/c16-10-3-1-4-11(7-10)19-8-12(20)9-21-15-13(17)5-2-6-14(15)18/h1-7,12,19-20H,8-9H2. The van der Waals surface area contributed by atoms with Crippen LogP contribution in [0.1, 0.15) is 0 Å². The molecule has 0 radical (unpaired) electrons. The average Bonchev–Trinajstić information content (AvgIpc) is 2.45. The number of aliphatic hydroxyl groups is 1. The molecular formula is C15H14BrCl2NO2. The summed E-state index contributed by atoms with van der Waals surface area (Å²) in [5, 5.41) is 13.9. The summed E-state index contributed by atoms with van der Waals surface area (Å²) in [5.74, 6) is 0.391. The highest BCUT2D eigenvalue weighted by Gasteiger charge is 2.10. The van der Waals surface area contributed by atoms with Crippen molar-refractivity contribution >= 4 is 44.8 Å². The Morgan fingerprint density at radius 3 is 2.48 bits per heavy atom. The third-order valence-electron chi connectivity index (χ3n) is 2.71. The highest BCUT2D eigenvalue weighted by atomic mass is 79.9. The van der Waals surface area contributed by atoms with Gasteiger partial charge in [-0.15, -0.1) is 0 Å². The van der Waals surface area contributed by atoms with Crippen LogP contribution in [0.3, 0.4) is 0 Å². The second-order valence-electron chi connectivity index (χ2n) is 4.41. The van der Waals surface area contributed by atoms with Crippen molar-refractivity contribution in [3.8, 4) is 5.75 Å². The van der Waals surface area contributed by atoms with Crippen molar-refractivity contribution in [2.75, 3.05) is 18.5 Å². The molecule has 2 N–H and O–H groups in total. The van der Waals surface area contributed by atoms with Gasteiger partial charge in [-0.2, -0.15) is 0 Å². The summed E-state index contributed by atoms with van der Waals surface area (Å²) in [6, 6.07) is 12.8. The molecule has 0 bridgehead atoms. The van der Waals surface area contributed by atoms with Crippen LogP contribution in [0, 0.1) is 0 Å². The van der Waals surface area contributed by atoms with Gasteiger partial charge in [-0.25, -0.2) is 0 Å². The van der Waals surface area contributed by atoms with Crippen LogP contribution in [0.15, 0.2) is 46.9 Å². The third-order valence-corrected chi connectivity index (χ3v) is 3.79. The van der Waals surface area contributed by atoms with E-state index in [2.05, 4.69) is 21.2 Å². The van der Waals surface area contributed by atoms with Crippen LogP contribution in [0.4, 0.5) is 5.69 Å². The Kier molecular flexibility index (Phi) is 6.18. The molecule has 0 heterocycles. The monoisotopic (exact) mass is 389 g/mol. The SMILES string of the molecule is OC(CNc1cccc(Br)c1)COc1c(Cl)cccc1Cl. The molecule has 2 rings (SSSR count). The van der Waals surface area contributed by atoms with Crippen LogP contribution in [-0.4, -0.2) is 24.4 Å². The van der Waals surface area contributed by atoms with E-state index in [9.17, 15) is 5.11 Å². The van der Waals surface area contributed by atoms with E-state index in [4.69, 9.17) is 27.9 Å². The largest absolute Gasteiger partial charge is 0.488 e. The predicted molar refractivity (Wildman–Crippen MR) is 90.6 cm³/mol. The molecule has 0 aliphatic rings. The maximum atomic E-state index is 9.94. The first kappa shape index (κ1) is 16.4. The molecule has 0 spiro atoms. The second kappa shape index (κ2) is 7.90. The molecule has 3 nitrogen and oxygen atoms in total. The summed E-state index contributed by atoms with van der Waals surface area (Å²) in [4.78, 5) is 0. The molecule has 1 unspecified atom stereocenters. The minimum atomic E-state index is -0.684. The first-order valence-corrected chi connectivity index (χ1v) is 7.85. The fourth-order valence-corrected chi connectivity index (χ4v) is 2.60. The maximum absolute atomic E-state index is 9.94. The lowest BCUT2D eigenvalue weighted by Crippen LogP contribution is -2.26. The Morgan fingerprint density at radius 1 is 1.14 bits per heavy atom. The van der Waals surface area contributed by atoms with Crippen molar-refractivity contribution in [2.45, 2.75) is 6.10 Å². The Hall–Kier alpha value is -0.940. The summed E-state index contributed by atoms with van der Waals surface area (Å²) >= 11 is 15.4. The molecule has 0 aliphatic carbocycles. The summed E-state index contributed by atoms with van der Waals surface area (Å²) in [5.41, 5.74) is 0.916. The van der Waals surface area contributed by atoms with E-state index >= 15 is 0 Å². The van der Waals surface area contributed by atoms with Crippen LogP contribution in [-0.2, 0) is 0 Å². The van der Waals surface area contributed by atoms with Gasteiger partial charge in [-0.3, -0.25) is 0 Å². The Balaban J connectivity index is 1.84. The van der Waals surface area contributed by atoms with Gasteiger partial charge in [0, 0.05) is 16.7 Å². The molecule has 2 aromatic carbocycles. The molecule has 6 heteroatoms. The maximum Gasteiger partial charge on any atom is 0.156 e. The number of hydrogen-bond donors (Lipinski definition) is 2. The topological polar surface area (TPSA) is 41.5 Å². The number of nitrogens with one attached hydrogen (secondary N) is 1. The lowest BCUT2D eigenvalue weighted by molar-refractivity contribution is 0.117. The van der Waals surface area contributed by atoms with Gasteiger partial charge in [-0.05, 0) is 30.3 Å². The number of aliphatic hydroxyl groups excluding tert-OH is 1. The molecule has 0 amide bonds. The van der Waals surface area contributed by atoms with E-state index in [0.29, 0.717) is 22.3 Å². The van der Waals surface area contributed by atoms with E-state index in [1.807, 2.05) is 24.3 Å². The Bertz CT molecular complexity index is 590. The quantitative estimate of drug-likeness (QED) is 0.756. The van der Waals surface area contributed by atoms with Gasteiger partial charge < -0.3 is 15.2 Å². The summed E-state index contributed by atoms with van der Waals surface area (Å²) in [7, 11) is 0. The Labute approximate surface area is 142 Å². The first-order valence-electron chi connectivity index (χ1n) is 6.30. The van der Waals surface area contributed by atoms with Crippen LogP contribution in [0.2, 0.25) is 10.0 Å². The fraction of sp³-hybridized carbons (Fsp3) is 0.200. The van der Waals surface area contributed by atoms with Gasteiger partial charge in [0.25, 0.3) is 0 Å². The molecular weight excluding hydrogens is 377 g/mol. The highest BCUT2D eigenvalue weighted by Crippen LogP contribution is 2.32. The van der Waals surface area contributed by atoms with Gasteiger partial charge in [0.2, 0.25) is 0 Å². The molecule has 0 saturated heterocycles. The lowest BCUT2D eigenvalue weighted by atomic mass is 10.3. The summed E-state index contributed by atoms with van der Waals surface area (Å²) in [6.07, 6.45) is -0.684. The van der Waals surface area contributed by atoms with Gasteiger partial charge in [-0.1, -0.05) is 51.3 Å². The number of para-hydroxylation sites is 1. The number of ether oxygens (including phenoxy) is 1. The average molecular weight is 391 g/mol. The highest BCUT2D eigenvalue weighted by molar-refractivity contribution is 9.10. The van der Waals surface area contributed by atoms with Crippen molar-refractivity contribution in [2.24, 2.45) is 0 Å². The number of benzene rings is 2. The normalized spacial score (nSPS) is 12.0. The van der Waals surface area contributed by atoms with Crippen LogP contribution in [0.5, 0.6) is 5.75 Å². The summed E-state index contributed by atoms with van der Waals surface area (Å²) in [6.45, 7) is 0.461. The zero-order valence-corrected chi connectivity index (χ0v) is 14.1. The van der Waals surface area contributed by atoms with Crippen molar-refractivity contribution < 1.29 is 9.84 Å². The van der Waals surface area contributed by atoms with Crippen molar-refractivity contribution in [1.29, 1.82) is 0 Å². The number of halogens is 3. The van der Waals surface area contributed by atoms with E-state index in [1.54, 1.807) is 18.2 Å². The molecule has 21 heavy (non-hydrogen) atoms. The van der Waals surface area contributed by atoms with E-state index in [1.165, 1.54) is 0 Å². The van der Waals surface area contributed by atoms with Crippen LogP contribution >= 0.6 is 39.1 Å². The lowest BCUT2D eigenvalue weighted by Gasteiger charge is -2.15.